The molecule has 0 amide bonds. The molecule has 0 spiro atoms. The number of aliphatic hydroxyl groups is 1. The van der Waals surface area contributed by atoms with Gasteiger partial charge in [-0.2, -0.15) is 0 Å². The Balaban J connectivity index is 2.97. The molecule has 0 heterocycles. The molecule has 0 aliphatic heterocycles. The van der Waals surface area contributed by atoms with Gasteiger partial charge in [0.05, 0.1) is 11.1 Å². The summed E-state index contributed by atoms with van der Waals surface area (Å²) in [5.74, 6) is -0.275. The molecule has 0 aliphatic rings. The van der Waals surface area contributed by atoms with Gasteiger partial charge in [-0.3, -0.25) is 0 Å². The molecule has 1 unspecified atom stereocenters. The molecule has 0 radical (unpaired) electrons. The molecule has 1 aromatic carbocycles. The van der Waals surface area contributed by atoms with Crippen molar-refractivity contribution in [3.8, 4) is 0 Å². The molecule has 0 saturated heterocycles. The Hall–Kier alpha value is -0.450. The van der Waals surface area contributed by atoms with Crippen molar-refractivity contribution >= 4 is 15.9 Å². The summed E-state index contributed by atoms with van der Waals surface area (Å²) < 4.78 is 13.9. The molecule has 2 nitrogen and oxygen atoms in total. The van der Waals surface area contributed by atoms with Crippen LogP contribution in [0.5, 0.6) is 0 Å². The van der Waals surface area contributed by atoms with E-state index in [-0.39, 0.29) is 17.8 Å². The van der Waals surface area contributed by atoms with Crippen LogP contribution in [0.15, 0.2) is 22.7 Å². The van der Waals surface area contributed by atoms with Crippen LogP contribution in [0, 0.1) is 11.2 Å². The molecular weight excluding hydrogens is 285 g/mol. The average molecular weight is 304 g/mol. The first-order chi connectivity index (χ1) is 8.08. The Morgan fingerprint density at radius 1 is 1.47 bits per heavy atom. The highest BCUT2D eigenvalue weighted by molar-refractivity contribution is 9.10. The topological polar surface area (TPSA) is 46.2 Å². The molecule has 17 heavy (non-hydrogen) atoms. The molecule has 1 aromatic rings. The molecule has 0 aromatic heterocycles. The van der Waals surface area contributed by atoms with Crippen LogP contribution < -0.4 is 5.73 Å². The van der Waals surface area contributed by atoms with Gasteiger partial charge in [0.2, 0.25) is 0 Å². The van der Waals surface area contributed by atoms with Crippen LogP contribution in [0.3, 0.4) is 0 Å². The van der Waals surface area contributed by atoms with Gasteiger partial charge in [-0.05, 0) is 40.4 Å². The smallest absolute Gasteiger partial charge is 0.137 e. The van der Waals surface area contributed by atoms with Crippen molar-refractivity contribution in [2.24, 2.45) is 11.1 Å². The second-order valence-corrected chi connectivity index (χ2v) is 5.29. The lowest BCUT2D eigenvalue weighted by atomic mass is 9.78. The van der Waals surface area contributed by atoms with Crippen molar-refractivity contribution in [1.82, 2.24) is 0 Å². The van der Waals surface area contributed by atoms with E-state index < -0.39 is 0 Å². The van der Waals surface area contributed by atoms with E-state index in [4.69, 9.17) is 5.73 Å². The molecule has 4 heteroatoms. The quantitative estimate of drug-likeness (QED) is 0.849. The molecule has 0 bridgehead atoms. The van der Waals surface area contributed by atoms with Crippen molar-refractivity contribution in [2.75, 3.05) is 13.2 Å². The Bertz CT molecular complexity index is 366. The number of benzene rings is 1. The summed E-state index contributed by atoms with van der Waals surface area (Å²) in [6.45, 7) is 2.49. The van der Waals surface area contributed by atoms with E-state index in [0.29, 0.717) is 17.4 Å². The van der Waals surface area contributed by atoms with Crippen LogP contribution in [0.4, 0.5) is 4.39 Å². The number of nitrogens with two attached hydrogens (primary N) is 1. The predicted octanol–water partition coefficient (Wildman–Crippen LogP) is 2.87. The SMILES string of the molecule is CCCC(CN)(CO)Cc1cccc(F)c1Br. The van der Waals surface area contributed by atoms with Gasteiger partial charge in [0.25, 0.3) is 0 Å². The zero-order valence-corrected chi connectivity index (χ0v) is 11.6. The minimum Gasteiger partial charge on any atom is -0.396 e. The lowest BCUT2D eigenvalue weighted by Crippen LogP contribution is -2.36. The second-order valence-electron chi connectivity index (χ2n) is 4.50. The van der Waals surface area contributed by atoms with E-state index in [1.54, 1.807) is 6.07 Å². The highest BCUT2D eigenvalue weighted by atomic mass is 79.9. The van der Waals surface area contributed by atoms with Crippen molar-refractivity contribution < 1.29 is 9.50 Å². The second kappa shape index (κ2) is 6.47. The van der Waals surface area contributed by atoms with Gasteiger partial charge in [0.1, 0.15) is 5.82 Å². The fourth-order valence-electron chi connectivity index (χ4n) is 2.08. The first kappa shape index (κ1) is 14.6. The summed E-state index contributed by atoms with van der Waals surface area (Å²) >= 11 is 3.24. The van der Waals surface area contributed by atoms with Crippen LogP contribution in [0.2, 0.25) is 0 Å². The molecule has 0 aliphatic carbocycles. The van der Waals surface area contributed by atoms with Crippen LogP contribution in [-0.2, 0) is 6.42 Å². The van der Waals surface area contributed by atoms with Crippen molar-refractivity contribution in [2.45, 2.75) is 26.2 Å². The Labute approximate surface area is 110 Å². The first-order valence-corrected chi connectivity index (χ1v) is 6.61. The summed E-state index contributed by atoms with van der Waals surface area (Å²) in [4.78, 5) is 0. The minimum absolute atomic E-state index is 0.0281. The fraction of sp³-hybridized carbons (Fsp3) is 0.538. The van der Waals surface area contributed by atoms with Gasteiger partial charge in [-0.25, -0.2) is 4.39 Å². The molecule has 1 rings (SSSR count). The van der Waals surface area contributed by atoms with Gasteiger partial charge in [-0.1, -0.05) is 25.5 Å². The Morgan fingerprint density at radius 2 is 2.18 bits per heavy atom. The summed E-state index contributed by atoms with van der Waals surface area (Å²) in [6, 6.07) is 4.96. The molecule has 1 atom stereocenters. The molecule has 0 fully saturated rings. The van der Waals surface area contributed by atoms with Crippen LogP contribution in [0.25, 0.3) is 0 Å². The number of halogens is 2. The number of hydrogen-bond acceptors (Lipinski definition) is 2. The van der Waals surface area contributed by atoms with Crippen LogP contribution in [-0.4, -0.2) is 18.3 Å². The Morgan fingerprint density at radius 3 is 2.71 bits per heavy atom. The monoisotopic (exact) mass is 303 g/mol. The van der Waals surface area contributed by atoms with Crippen molar-refractivity contribution in [3.05, 3.63) is 34.1 Å². The fourth-order valence-corrected chi connectivity index (χ4v) is 2.49. The highest BCUT2D eigenvalue weighted by Crippen LogP contribution is 2.31. The molecule has 0 saturated carbocycles. The number of hydrogen-bond donors (Lipinski definition) is 2. The van der Waals surface area contributed by atoms with Gasteiger partial charge < -0.3 is 10.8 Å². The normalized spacial score (nSPS) is 14.6. The minimum atomic E-state index is -0.342. The van der Waals surface area contributed by atoms with E-state index in [2.05, 4.69) is 22.9 Å². The Kier molecular flexibility index (Phi) is 5.56. The standard InChI is InChI=1S/C13H19BrFNO/c1-2-6-13(8-16,9-17)7-10-4-3-5-11(15)12(10)14/h3-5,17H,2,6-9,16H2,1H3. The maximum absolute atomic E-state index is 13.4. The average Bonchev–Trinajstić information content (AvgIpc) is 2.34. The van der Waals surface area contributed by atoms with Crippen molar-refractivity contribution in [1.29, 1.82) is 0 Å². The third-order valence-electron chi connectivity index (χ3n) is 3.15. The molecule has 3 N–H and O–H groups in total. The van der Waals surface area contributed by atoms with E-state index in [1.165, 1.54) is 6.07 Å². The summed E-state index contributed by atoms with van der Waals surface area (Å²) in [7, 11) is 0. The summed E-state index contributed by atoms with van der Waals surface area (Å²) in [6.07, 6.45) is 2.37. The third kappa shape index (κ3) is 3.50. The highest BCUT2D eigenvalue weighted by Gasteiger charge is 2.28. The van der Waals surface area contributed by atoms with Gasteiger partial charge in [0.15, 0.2) is 0 Å². The summed E-state index contributed by atoms with van der Waals surface area (Å²) in [5, 5.41) is 9.54. The lowest BCUT2D eigenvalue weighted by molar-refractivity contribution is 0.121. The molecule has 96 valence electrons. The van der Waals surface area contributed by atoms with Crippen LogP contribution in [0.1, 0.15) is 25.3 Å². The van der Waals surface area contributed by atoms with Gasteiger partial charge in [0, 0.05) is 12.0 Å². The molecular formula is C13H19BrFNO. The zero-order valence-electron chi connectivity index (χ0n) is 10.0. The van der Waals surface area contributed by atoms with E-state index in [0.717, 1.165) is 18.4 Å². The predicted molar refractivity (Wildman–Crippen MR) is 71.3 cm³/mol. The maximum Gasteiger partial charge on any atom is 0.137 e. The number of rotatable bonds is 6. The largest absolute Gasteiger partial charge is 0.396 e. The van der Waals surface area contributed by atoms with E-state index >= 15 is 0 Å². The first-order valence-electron chi connectivity index (χ1n) is 5.82. The van der Waals surface area contributed by atoms with Gasteiger partial charge in [-0.15, -0.1) is 0 Å². The van der Waals surface area contributed by atoms with E-state index in [9.17, 15) is 9.50 Å². The summed E-state index contributed by atoms with van der Waals surface area (Å²) in [5.41, 5.74) is 6.29. The van der Waals surface area contributed by atoms with E-state index in [1.807, 2.05) is 6.07 Å². The lowest BCUT2D eigenvalue weighted by Gasteiger charge is -2.30. The zero-order chi connectivity index (χ0) is 12.9. The third-order valence-corrected chi connectivity index (χ3v) is 4.03. The van der Waals surface area contributed by atoms with Crippen LogP contribution >= 0.6 is 15.9 Å². The maximum atomic E-state index is 13.4. The van der Waals surface area contributed by atoms with Gasteiger partial charge >= 0.3 is 0 Å². The number of aliphatic hydroxyl groups excluding tert-OH is 1. The van der Waals surface area contributed by atoms with Crippen molar-refractivity contribution in [3.63, 3.8) is 0 Å².